The Balaban J connectivity index is 1.50. The first-order chi connectivity index (χ1) is 14.3. The largest absolute Gasteiger partial charge is 0.484 e. The minimum Gasteiger partial charge on any atom is -0.484 e. The number of amides is 2. The van der Waals surface area contributed by atoms with E-state index in [4.69, 9.17) is 13.9 Å². The normalized spacial score (nSPS) is 11.6. The van der Waals surface area contributed by atoms with Gasteiger partial charge in [0.05, 0.1) is 0 Å². The average molecular weight is 414 g/mol. The Morgan fingerprint density at radius 3 is 2.67 bits per heavy atom. The fraction of sp³-hybridized carbons (Fsp3) is 0.190. The molecule has 156 valence electrons. The van der Waals surface area contributed by atoms with Crippen molar-refractivity contribution in [2.75, 3.05) is 6.61 Å². The van der Waals surface area contributed by atoms with Crippen LogP contribution in [-0.4, -0.2) is 24.5 Å². The SMILES string of the molecule is Cc1cc(=O)oc2cc(OCC(=O)NNC(=O)[C@H](C)Oc3ccccc3F)ccc12. The van der Waals surface area contributed by atoms with E-state index >= 15 is 0 Å². The summed E-state index contributed by atoms with van der Waals surface area (Å²) in [6.07, 6.45) is -1.05. The molecule has 8 nitrogen and oxygen atoms in total. The Morgan fingerprint density at radius 1 is 1.13 bits per heavy atom. The van der Waals surface area contributed by atoms with Crippen LogP contribution in [0.1, 0.15) is 12.5 Å². The highest BCUT2D eigenvalue weighted by Gasteiger charge is 2.17. The molecule has 3 aromatic rings. The van der Waals surface area contributed by atoms with Crippen LogP contribution in [-0.2, 0) is 9.59 Å². The van der Waals surface area contributed by atoms with Crippen molar-refractivity contribution in [3.63, 3.8) is 0 Å². The third kappa shape index (κ3) is 5.13. The summed E-state index contributed by atoms with van der Waals surface area (Å²) in [5, 5.41) is 0.752. The molecule has 1 heterocycles. The Hall–Kier alpha value is -3.88. The molecule has 2 aromatic carbocycles. The second kappa shape index (κ2) is 9.08. The summed E-state index contributed by atoms with van der Waals surface area (Å²) in [7, 11) is 0. The van der Waals surface area contributed by atoms with Crippen LogP contribution in [0.15, 0.2) is 57.7 Å². The molecule has 0 spiro atoms. The molecule has 2 amide bonds. The number of rotatable bonds is 6. The number of hydrogen-bond acceptors (Lipinski definition) is 6. The molecule has 0 radical (unpaired) electrons. The third-order valence-electron chi connectivity index (χ3n) is 4.13. The standard InChI is InChI=1S/C21H19FN2O6/c1-12-9-20(26)30-18-10-14(7-8-15(12)18)28-11-19(25)23-24-21(27)13(2)29-17-6-4-3-5-16(17)22/h3-10,13H,11H2,1-2H3,(H,23,25)(H,24,27)/t13-/m0/s1. The first-order valence-corrected chi connectivity index (χ1v) is 9.00. The zero-order chi connectivity index (χ0) is 21.7. The van der Waals surface area contributed by atoms with Crippen molar-refractivity contribution in [3.05, 3.63) is 70.3 Å². The summed E-state index contributed by atoms with van der Waals surface area (Å²) in [6.45, 7) is 2.80. The second-order valence-corrected chi connectivity index (χ2v) is 6.42. The number of hydrazine groups is 1. The first-order valence-electron chi connectivity index (χ1n) is 9.00. The van der Waals surface area contributed by atoms with Gasteiger partial charge in [-0.2, -0.15) is 0 Å². The zero-order valence-electron chi connectivity index (χ0n) is 16.2. The summed E-state index contributed by atoms with van der Waals surface area (Å²) >= 11 is 0. The van der Waals surface area contributed by atoms with Crippen molar-refractivity contribution in [2.45, 2.75) is 20.0 Å². The Kier molecular flexibility index (Phi) is 6.31. The van der Waals surface area contributed by atoms with Crippen molar-refractivity contribution in [1.29, 1.82) is 0 Å². The van der Waals surface area contributed by atoms with E-state index in [1.165, 1.54) is 37.3 Å². The topological polar surface area (TPSA) is 107 Å². The molecule has 0 unspecified atom stereocenters. The molecule has 3 rings (SSSR count). The lowest BCUT2D eigenvalue weighted by Gasteiger charge is -2.15. The minimum atomic E-state index is -1.05. The lowest BCUT2D eigenvalue weighted by Crippen LogP contribution is -2.48. The van der Waals surface area contributed by atoms with Crippen LogP contribution in [0.25, 0.3) is 11.0 Å². The van der Waals surface area contributed by atoms with Gasteiger partial charge in [-0.25, -0.2) is 9.18 Å². The zero-order valence-corrected chi connectivity index (χ0v) is 16.2. The van der Waals surface area contributed by atoms with E-state index in [0.717, 1.165) is 10.9 Å². The Bertz CT molecular complexity index is 1140. The van der Waals surface area contributed by atoms with Gasteiger partial charge in [0.15, 0.2) is 24.3 Å². The molecular formula is C21H19FN2O6. The van der Waals surface area contributed by atoms with E-state index in [1.807, 2.05) is 0 Å². The van der Waals surface area contributed by atoms with E-state index in [-0.39, 0.29) is 5.75 Å². The number of para-hydroxylation sites is 1. The molecule has 1 atom stereocenters. The number of carbonyl (C=O) groups is 2. The number of ether oxygens (including phenoxy) is 2. The van der Waals surface area contributed by atoms with E-state index in [1.54, 1.807) is 25.1 Å². The second-order valence-electron chi connectivity index (χ2n) is 6.42. The summed E-state index contributed by atoms with van der Waals surface area (Å²) in [5.41, 5.74) is 4.98. The van der Waals surface area contributed by atoms with E-state index in [9.17, 15) is 18.8 Å². The molecule has 2 N–H and O–H groups in total. The van der Waals surface area contributed by atoms with Crippen LogP contribution in [0.5, 0.6) is 11.5 Å². The highest BCUT2D eigenvalue weighted by molar-refractivity contribution is 5.85. The molecule has 0 fully saturated rings. The van der Waals surface area contributed by atoms with Gasteiger partial charge in [-0.1, -0.05) is 12.1 Å². The van der Waals surface area contributed by atoms with Gasteiger partial charge in [0.2, 0.25) is 0 Å². The molecule has 0 aliphatic carbocycles. The molecule has 0 saturated carbocycles. The fourth-order valence-electron chi connectivity index (χ4n) is 2.60. The number of benzene rings is 2. The van der Waals surface area contributed by atoms with Gasteiger partial charge in [0, 0.05) is 17.5 Å². The van der Waals surface area contributed by atoms with Crippen LogP contribution in [0.3, 0.4) is 0 Å². The number of hydrogen-bond donors (Lipinski definition) is 2. The van der Waals surface area contributed by atoms with Crippen molar-refractivity contribution < 1.29 is 27.9 Å². The van der Waals surface area contributed by atoms with Crippen LogP contribution in [0.4, 0.5) is 4.39 Å². The maximum atomic E-state index is 13.6. The minimum absolute atomic E-state index is 0.0759. The number of carbonyl (C=O) groups excluding carboxylic acids is 2. The van der Waals surface area contributed by atoms with Crippen LogP contribution in [0.2, 0.25) is 0 Å². The van der Waals surface area contributed by atoms with Gasteiger partial charge in [-0.3, -0.25) is 20.4 Å². The van der Waals surface area contributed by atoms with Gasteiger partial charge in [-0.15, -0.1) is 0 Å². The predicted octanol–water partition coefficient (Wildman–Crippen LogP) is 2.23. The lowest BCUT2D eigenvalue weighted by molar-refractivity contribution is -0.133. The quantitative estimate of drug-likeness (QED) is 0.473. The molecule has 0 aliphatic rings. The molecule has 30 heavy (non-hydrogen) atoms. The summed E-state index contributed by atoms with van der Waals surface area (Å²) in [6, 6.07) is 11.9. The van der Waals surface area contributed by atoms with Gasteiger partial charge in [-0.05, 0) is 43.7 Å². The smallest absolute Gasteiger partial charge is 0.336 e. The number of nitrogens with one attached hydrogen (secondary N) is 2. The Labute approximate surface area is 170 Å². The molecule has 9 heteroatoms. The molecule has 0 saturated heterocycles. The van der Waals surface area contributed by atoms with Gasteiger partial charge < -0.3 is 13.9 Å². The van der Waals surface area contributed by atoms with Gasteiger partial charge in [0.1, 0.15) is 11.3 Å². The molecule has 1 aromatic heterocycles. The van der Waals surface area contributed by atoms with E-state index in [0.29, 0.717) is 11.3 Å². The summed E-state index contributed by atoms with van der Waals surface area (Å²) in [4.78, 5) is 35.4. The van der Waals surface area contributed by atoms with Crippen molar-refractivity contribution in [1.82, 2.24) is 10.9 Å². The van der Waals surface area contributed by atoms with Gasteiger partial charge in [0.25, 0.3) is 11.8 Å². The average Bonchev–Trinajstić information content (AvgIpc) is 2.71. The van der Waals surface area contributed by atoms with E-state index in [2.05, 4.69) is 10.9 Å². The molecular weight excluding hydrogens is 395 g/mol. The van der Waals surface area contributed by atoms with Crippen molar-refractivity contribution in [2.24, 2.45) is 0 Å². The first kappa shape index (κ1) is 20.8. The summed E-state index contributed by atoms with van der Waals surface area (Å²) < 4.78 is 29.3. The number of fused-ring (bicyclic) bond motifs is 1. The predicted molar refractivity (Wildman–Crippen MR) is 105 cm³/mol. The van der Waals surface area contributed by atoms with Crippen molar-refractivity contribution in [3.8, 4) is 11.5 Å². The maximum absolute atomic E-state index is 13.6. The Morgan fingerprint density at radius 2 is 1.90 bits per heavy atom. The maximum Gasteiger partial charge on any atom is 0.336 e. The highest BCUT2D eigenvalue weighted by atomic mass is 19.1. The lowest BCUT2D eigenvalue weighted by atomic mass is 10.1. The van der Waals surface area contributed by atoms with Crippen LogP contribution < -0.4 is 26.0 Å². The van der Waals surface area contributed by atoms with Crippen LogP contribution >= 0.6 is 0 Å². The highest BCUT2D eigenvalue weighted by Crippen LogP contribution is 2.22. The fourth-order valence-corrected chi connectivity index (χ4v) is 2.60. The number of halogens is 1. The third-order valence-corrected chi connectivity index (χ3v) is 4.13. The molecule has 0 bridgehead atoms. The van der Waals surface area contributed by atoms with Crippen molar-refractivity contribution >= 4 is 22.8 Å². The van der Waals surface area contributed by atoms with E-state index < -0.39 is 36.0 Å². The summed E-state index contributed by atoms with van der Waals surface area (Å²) in [5.74, 6) is -1.67. The van der Waals surface area contributed by atoms with Gasteiger partial charge >= 0.3 is 5.63 Å². The number of aryl methyl sites for hydroxylation is 1. The molecule has 0 aliphatic heterocycles. The van der Waals surface area contributed by atoms with Crippen LogP contribution in [0, 0.1) is 12.7 Å². The monoisotopic (exact) mass is 414 g/mol.